The van der Waals surface area contributed by atoms with Gasteiger partial charge in [-0.2, -0.15) is 8.78 Å². The Hall–Kier alpha value is -2.74. The molecule has 0 spiro atoms. The summed E-state index contributed by atoms with van der Waals surface area (Å²) in [6.07, 6.45) is -0.818. The fourth-order valence-electron chi connectivity index (χ4n) is 2.07. The summed E-state index contributed by atoms with van der Waals surface area (Å²) in [5, 5.41) is 2.45. The number of alkyl halides is 2. The highest BCUT2D eigenvalue weighted by atomic mass is 19.3. The first kappa shape index (κ1) is 19.6. The standard InChI is InChI=1S/C18H18F3NO4/c1-11(25-10-12-4-3-5-14(8-12)24-2)17(23)22-13-6-7-16(15(19)9-13)26-18(20)21/h3-9,11,18H,10H2,1-2H3,(H,22,23). The van der Waals surface area contributed by atoms with Crippen molar-refractivity contribution in [3.8, 4) is 11.5 Å². The van der Waals surface area contributed by atoms with E-state index in [4.69, 9.17) is 9.47 Å². The number of nitrogens with one attached hydrogen (secondary N) is 1. The lowest BCUT2D eigenvalue weighted by Gasteiger charge is -2.14. The molecular weight excluding hydrogens is 351 g/mol. The molecule has 0 fully saturated rings. The molecule has 0 saturated heterocycles. The second-order valence-corrected chi connectivity index (χ2v) is 5.32. The van der Waals surface area contributed by atoms with Crippen LogP contribution in [0.2, 0.25) is 0 Å². The molecular formula is C18H18F3NO4. The van der Waals surface area contributed by atoms with Gasteiger partial charge in [0.05, 0.1) is 13.7 Å². The van der Waals surface area contributed by atoms with Crippen LogP contribution >= 0.6 is 0 Å². The van der Waals surface area contributed by atoms with Crippen LogP contribution in [-0.2, 0) is 16.1 Å². The first-order valence-electron chi connectivity index (χ1n) is 7.69. The molecule has 0 saturated carbocycles. The topological polar surface area (TPSA) is 56.8 Å². The van der Waals surface area contributed by atoms with Crippen LogP contribution in [0.5, 0.6) is 11.5 Å². The van der Waals surface area contributed by atoms with E-state index in [1.54, 1.807) is 32.2 Å². The van der Waals surface area contributed by atoms with Crippen molar-refractivity contribution in [2.45, 2.75) is 26.2 Å². The highest BCUT2D eigenvalue weighted by Gasteiger charge is 2.16. The van der Waals surface area contributed by atoms with E-state index in [1.807, 2.05) is 6.07 Å². The van der Waals surface area contributed by atoms with E-state index in [0.717, 1.165) is 17.7 Å². The molecule has 8 heteroatoms. The predicted molar refractivity (Wildman–Crippen MR) is 88.9 cm³/mol. The number of carbonyl (C=O) groups excluding carboxylic acids is 1. The minimum atomic E-state index is -3.13. The van der Waals surface area contributed by atoms with Crippen LogP contribution < -0.4 is 14.8 Å². The number of halogens is 3. The van der Waals surface area contributed by atoms with Gasteiger partial charge >= 0.3 is 6.61 Å². The number of carbonyl (C=O) groups is 1. The largest absolute Gasteiger partial charge is 0.497 e. The van der Waals surface area contributed by atoms with E-state index >= 15 is 0 Å². The fraction of sp³-hybridized carbons (Fsp3) is 0.278. The van der Waals surface area contributed by atoms with Gasteiger partial charge in [0.25, 0.3) is 5.91 Å². The van der Waals surface area contributed by atoms with Crippen molar-refractivity contribution in [1.82, 2.24) is 0 Å². The molecule has 2 rings (SSSR count). The summed E-state index contributed by atoms with van der Waals surface area (Å²) in [6, 6.07) is 10.4. The van der Waals surface area contributed by atoms with E-state index < -0.39 is 30.2 Å². The van der Waals surface area contributed by atoms with Crippen LogP contribution in [0.3, 0.4) is 0 Å². The van der Waals surface area contributed by atoms with Gasteiger partial charge in [-0.1, -0.05) is 12.1 Å². The zero-order chi connectivity index (χ0) is 19.1. The second-order valence-electron chi connectivity index (χ2n) is 5.32. The highest BCUT2D eigenvalue weighted by Crippen LogP contribution is 2.23. The second kappa shape index (κ2) is 9.10. The monoisotopic (exact) mass is 369 g/mol. The van der Waals surface area contributed by atoms with Gasteiger partial charge in [-0.25, -0.2) is 4.39 Å². The molecule has 0 radical (unpaired) electrons. The van der Waals surface area contributed by atoms with Crippen molar-refractivity contribution in [1.29, 1.82) is 0 Å². The maximum absolute atomic E-state index is 13.7. The highest BCUT2D eigenvalue weighted by molar-refractivity contribution is 5.93. The van der Waals surface area contributed by atoms with Crippen molar-refractivity contribution in [2.24, 2.45) is 0 Å². The number of benzene rings is 2. The average Bonchev–Trinajstić information content (AvgIpc) is 2.61. The third-order valence-electron chi connectivity index (χ3n) is 3.42. The van der Waals surface area contributed by atoms with E-state index in [9.17, 15) is 18.0 Å². The van der Waals surface area contributed by atoms with E-state index in [2.05, 4.69) is 10.1 Å². The maximum Gasteiger partial charge on any atom is 0.387 e. The van der Waals surface area contributed by atoms with E-state index in [0.29, 0.717) is 5.75 Å². The molecule has 2 aromatic rings. The minimum absolute atomic E-state index is 0.103. The summed E-state index contributed by atoms with van der Waals surface area (Å²) in [5.74, 6) is -1.44. The van der Waals surface area contributed by atoms with Gasteiger partial charge in [0.1, 0.15) is 11.9 Å². The lowest BCUT2D eigenvalue weighted by atomic mass is 10.2. The van der Waals surface area contributed by atoms with Crippen molar-refractivity contribution < 1.29 is 32.2 Å². The summed E-state index contributed by atoms with van der Waals surface area (Å²) in [5.41, 5.74) is 0.925. The van der Waals surface area contributed by atoms with Crippen molar-refractivity contribution in [3.05, 3.63) is 53.8 Å². The third kappa shape index (κ3) is 5.66. The van der Waals surface area contributed by atoms with Crippen LogP contribution in [0.15, 0.2) is 42.5 Å². The molecule has 0 aliphatic heterocycles. The lowest BCUT2D eigenvalue weighted by molar-refractivity contribution is -0.127. The van der Waals surface area contributed by atoms with Gasteiger partial charge in [-0.3, -0.25) is 4.79 Å². The number of ether oxygens (including phenoxy) is 3. The molecule has 5 nitrogen and oxygen atoms in total. The van der Waals surface area contributed by atoms with Gasteiger partial charge in [-0.15, -0.1) is 0 Å². The molecule has 2 aromatic carbocycles. The van der Waals surface area contributed by atoms with Gasteiger partial charge in [-0.05, 0) is 36.8 Å². The van der Waals surface area contributed by atoms with Crippen molar-refractivity contribution in [3.63, 3.8) is 0 Å². The quantitative estimate of drug-likeness (QED) is 0.765. The first-order valence-corrected chi connectivity index (χ1v) is 7.69. The number of methoxy groups -OCH3 is 1. The van der Waals surface area contributed by atoms with Crippen LogP contribution in [0.4, 0.5) is 18.9 Å². The smallest absolute Gasteiger partial charge is 0.387 e. The fourth-order valence-corrected chi connectivity index (χ4v) is 2.07. The Kier molecular flexibility index (Phi) is 6.85. The molecule has 1 N–H and O–H groups in total. The number of hydrogen-bond donors (Lipinski definition) is 1. The Labute approximate surface area is 148 Å². The van der Waals surface area contributed by atoms with Crippen LogP contribution in [0.25, 0.3) is 0 Å². The molecule has 1 unspecified atom stereocenters. The van der Waals surface area contributed by atoms with Gasteiger partial charge in [0.15, 0.2) is 11.6 Å². The zero-order valence-corrected chi connectivity index (χ0v) is 14.2. The minimum Gasteiger partial charge on any atom is -0.497 e. The van der Waals surface area contributed by atoms with Crippen molar-refractivity contribution >= 4 is 11.6 Å². The van der Waals surface area contributed by atoms with Crippen LogP contribution in [0.1, 0.15) is 12.5 Å². The summed E-state index contributed by atoms with van der Waals surface area (Å²) in [6.45, 7) is -1.41. The molecule has 1 atom stereocenters. The zero-order valence-electron chi connectivity index (χ0n) is 14.2. The summed E-state index contributed by atoms with van der Waals surface area (Å²) < 4.78 is 52.5. The van der Waals surface area contributed by atoms with E-state index in [1.165, 1.54) is 6.07 Å². The van der Waals surface area contributed by atoms with Gasteiger partial charge < -0.3 is 19.5 Å². The van der Waals surface area contributed by atoms with E-state index in [-0.39, 0.29) is 12.3 Å². The summed E-state index contributed by atoms with van der Waals surface area (Å²) in [4.78, 5) is 12.1. The van der Waals surface area contributed by atoms with Gasteiger partial charge in [0, 0.05) is 11.8 Å². The Morgan fingerprint density at radius 3 is 2.62 bits per heavy atom. The molecule has 0 bridgehead atoms. The number of amides is 1. The normalized spacial score (nSPS) is 11.9. The average molecular weight is 369 g/mol. The lowest BCUT2D eigenvalue weighted by Crippen LogP contribution is -2.27. The van der Waals surface area contributed by atoms with Crippen molar-refractivity contribution in [2.75, 3.05) is 12.4 Å². The molecule has 0 heterocycles. The first-order chi connectivity index (χ1) is 12.4. The van der Waals surface area contributed by atoms with Crippen LogP contribution in [0, 0.1) is 5.82 Å². The molecule has 0 aliphatic rings. The summed E-state index contributed by atoms with van der Waals surface area (Å²) in [7, 11) is 1.55. The Balaban J connectivity index is 1.91. The number of anilines is 1. The number of rotatable bonds is 8. The Bertz CT molecular complexity index is 755. The number of hydrogen-bond acceptors (Lipinski definition) is 4. The van der Waals surface area contributed by atoms with Crippen LogP contribution in [-0.4, -0.2) is 25.7 Å². The summed E-state index contributed by atoms with van der Waals surface area (Å²) >= 11 is 0. The SMILES string of the molecule is COc1cccc(COC(C)C(=O)Nc2ccc(OC(F)F)c(F)c2)c1. The maximum atomic E-state index is 13.7. The Morgan fingerprint density at radius 2 is 1.96 bits per heavy atom. The molecule has 140 valence electrons. The Morgan fingerprint density at radius 1 is 1.19 bits per heavy atom. The van der Waals surface area contributed by atoms with Gasteiger partial charge in [0.2, 0.25) is 0 Å². The molecule has 0 aliphatic carbocycles. The molecule has 1 amide bonds. The predicted octanol–water partition coefficient (Wildman–Crippen LogP) is 3.98. The third-order valence-corrected chi connectivity index (χ3v) is 3.42. The molecule has 0 aromatic heterocycles. The molecule has 26 heavy (non-hydrogen) atoms.